The molecule has 1 aromatic carbocycles. The van der Waals surface area contributed by atoms with Crippen molar-refractivity contribution in [1.82, 2.24) is 15.0 Å². The molecule has 3 heterocycles. The molecule has 1 aliphatic heterocycles. The molecule has 1 fully saturated rings. The van der Waals surface area contributed by atoms with Crippen LogP contribution in [0.5, 0.6) is 0 Å². The van der Waals surface area contributed by atoms with Crippen LogP contribution in [0.15, 0.2) is 66.1 Å². The molecule has 2 aromatic heterocycles. The zero-order valence-corrected chi connectivity index (χ0v) is 16.0. The highest BCUT2D eigenvalue weighted by Gasteiger charge is 2.13. The van der Waals surface area contributed by atoms with Crippen LogP contribution in [0.2, 0.25) is 0 Å². The number of hydrogen-bond donors (Lipinski definition) is 1. The molecular formula is C21H23N5S. The Morgan fingerprint density at radius 1 is 1.00 bits per heavy atom. The topological polar surface area (TPSA) is 53.9 Å². The molecule has 0 atom stereocenters. The van der Waals surface area contributed by atoms with Crippen LogP contribution in [-0.2, 0) is 12.3 Å². The summed E-state index contributed by atoms with van der Waals surface area (Å²) in [6.45, 7) is 2.93. The average molecular weight is 378 g/mol. The number of hydrogen-bond acceptors (Lipinski definition) is 6. The van der Waals surface area contributed by atoms with Gasteiger partial charge < -0.3 is 10.2 Å². The molecule has 0 amide bonds. The van der Waals surface area contributed by atoms with Crippen LogP contribution in [0.25, 0.3) is 0 Å². The van der Waals surface area contributed by atoms with Crippen LogP contribution in [-0.4, -0.2) is 28.0 Å². The van der Waals surface area contributed by atoms with E-state index in [1.54, 1.807) is 18.0 Å². The van der Waals surface area contributed by atoms with Crippen molar-refractivity contribution in [3.8, 4) is 0 Å². The number of aromatic nitrogens is 3. The molecule has 3 aromatic rings. The monoisotopic (exact) mass is 377 g/mol. The Labute approximate surface area is 164 Å². The summed E-state index contributed by atoms with van der Waals surface area (Å²) in [5.74, 6) is 2.76. The predicted molar refractivity (Wildman–Crippen MR) is 111 cm³/mol. The van der Waals surface area contributed by atoms with E-state index in [0.29, 0.717) is 6.54 Å². The Bertz CT molecular complexity index is 865. The number of pyridine rings is 1. The molecule has 0 saturated carbocycles. The van der Waals surface area contributed by atoms with Crippen molar-refractivity contribution in [2.45, 2.75) is 30.2 Å². The Kier molecular flexibility index (Phi) is 5.84. The molecule has 0 radical (unpaired) electrons. The first-order valence-electron chi connectivity index (χ1n) is 9.29. The fourth-order valence-corrected chi connectivity index (χ4v) is 3.92. The maximum absolute atomic E-state index is 4.67. The van der Waals surface area contributed by atoms with Gasteiger partial charge in [-0.15, -0.1) is 11.8 Å². The van der Waals surface area contributed by atoms with Crippen molar-refractivity contribution >= 4 is 23.4 Å². The summed E-state index contributed by atoms with van der Waals surface area (Å²) >= 11 is 1.70. The van der Waals surface area contributed by atoms with Crippen LogP contribution in [0, 0.1) is 0 Å². The molecule has 0 aliphatic carbocycles. The maximum atomic E-state index is 4.67. The first kappa shape index (κ1) is 17.8. The van der Waals surface area contributed by atoms with E-state index in [9.17, 15) is 0 Å². The van der Waals surface area contributed by atoms with E-state index in [0.717, 1.165) is 35.5 Å². The molecule has 0 bridgehead atoms. The Hall–Kier alpha value is -2.60. The van der Waals surface area contributed by atoms with Gasteiger partial charge in [-0.1, -0.05) is 30.3 Å². The lowest BCUT2D eigenvalue weighted by Gasteiger charge is -2.17. The fourth-order valence-electron chi connectivity index (χ4n) is 3.12. The van der Waals surface area contributed by atoms with Crippen LogP contribution in [0.4, 0.5) is 11.6 Å². The smallest absolute Gasteiger partial charge is 0.146 e. The van der Waals surface area contributed by atoms with Gasteiger partial charge >= 0.3 is 0 Å². The highest BCUT2D eigenvalue weighted by molar-refractivity contribution is 7.98. The fraction of sp³-hybridized carbons (Fsp3) is 0.286. The summed E-state index contributed by atoms with van der Waals surface area (Å²) in [7, 11) is 0. The Balaban J connectivity index is 1.35. The van der Waals surface area contributed by atoms with Crippen molar-refractivity contribution < 1.29 is 0 Å². The van der Waals surface area contributed by atoms with Crippen LogP contribution >= 0.6 is 11.8 Å². The normalized spacial score (nSPS) is 13.7. The highest BCUT2D eigenvalue weighted by Crippen LogP contribution is 2.22. The van der Waals surface area contributed by atoms with E-state index in [2.05, 4.69) is 55.5 Å². The molecule has 4 rings (SSSR count). The van der Waals surface area contributed by atoms with Gasteiger partial charge in [0, 0.05) is 31.6 Å². The van der Waals surface area contributed by atoms with Crippen LogP contribution < -0.4 is 10.2 Å². The number of nitrogens with zero attached hydrogens (tertiary/aromatic N) is 4. The van der Waals surface area contributed by atoms with Gasteiger partial charge in [0.15, 0.2) is 0 Å². The van der Waals surface area contributed by atoms with Crippen molar-refractivity contribution in [3.05, 3.63) is 72.2 Å². The summed E-state index contributed by atoms with van der Waals surface area (Å²) in [5, 5.41) is 4.31. The lowest BCUT2D eigenvalue weighted by molar-refractivity contribution is 0.930. The second-order valence-corrected chi connectivity index (χ2v) is 7.58. The van der Waals surface area contributed by atoms with Crippen molar-refractivity contribution in [2.75, 3.05) is 23.3 Å². The Morgan fingerprint density at radius 3 is 2.70 bits per heavy atom. The third kappa shape index (κ3) is 4.98. The number of thioether (sulfide) groups is 1. The third-order valence-corrected chi connectivity index (χ3v) is 5.53. The zero-order valence-electron chi connectivity index (χ0n) is 15.2. The quantitative estimate of drug-likeness (QED) is 0.617. The van der Waals surface area contributed by atoms with Crippen LogP contribution in [0.3, 0.4) is 0 Å². The molecule has 1 N–H and O–H groups in total. The van der Waals surface area contributed by atoms with Gasteiger partial charge in [-0.25, -0.2) is 9.97 Å². The minimum Gasteiger partial charge on any atom is -0.365 e. The zero-order chi connectivity index (χ0) is 18.3. The largest absolute Gasteiger partial charge is 0.365 e. The number of nitrogens with one attached hydrogen (secondary N) is 1. The molecule has 1 aliphatic rings. The van der Waals surface area contributed by atoms with E-state index in [-0.39, 0.29) is 0 Å². The average Bonchev–Trinajstić information content (AvgIpc) is 3.27. The minimum absolute atomic E-state index is 0.713. The Morgan fingerprint density at radius 2 is 1.85 bits per heavy atom. The van der Waals surface area contributed by atoms with Crippen molar-refractivity contribution in [2.24, 2.45) is 0 Å². The van der Waals surface area contributed by atoms with Gasteiger partial charge in [-0.05, 0) is 36.1 Å². The third-order valence-electron chi connectivity index (χ3n) is 4.56. The molecule has 138 valence electrons. The van der Waals surface area contributed by atoms with Gasteiger partial charge in [0.1, 0.15) is 16.7 Å². The summed E-state index contributed by atoms with van der Waals surface area (Å²) in [5.41, 5.74) is 2.49. The molecular weight excluding hydrogens is 354 g/mol. The second-order valence-electron chi connectivity index (χ2n) is 6.59. The predicted octanol–water partition coefficient (Wildman–Crippen LogP) is 4.38. The second kappa shape index (κ2) is 8.86. The minimum atomic E-state index is 0.713. The first-order chi connectivity index (χ1) is 13.4. The molecule has 5 nitrogen and oxygen atoms in total. The van der Waals surface area contributed by atoms with E-state index in [1.807, 2.05) is 24.5 Å². The SMILES string of the molecule is c1ccc(CSc2cncc(NCc3ccnc(N4CCCC4)c3)n2)cc1. The lowest BCUT2D eigenvalue weighted by atomic mass is 10.2. The molecule has 27 heavy (non-hydrogen) atoms. The van der Waals surface area contributed by atoms with Gasteiger partial charge in [0.25, 0.3) is 0 Å². The van der Waals surface area contributed by atoms with Crippen molar-refractivity contribution in [1.29, 1.82) is 0 Å². The van der Waals surface area contributed by atoms with E-state index in [4.69, 9.17) is 0 Å². The van der Waals surface area contributed by atoms with Gasteiger partial charge in [-0.2, -0.15) is 0 Å². The van der Waals surface area contributed by atoms with Gasteiger partial charge in [0.2, 0.25) is 0 Å². The molecule has 1 saturated heterocycles. The summed E-state index contributed by atoms with van der Waals surface area (Å²) in [6, 6.07) is 14.6. The number of benzene rings is 1. The summed E-state index contributed by atoms with van der Waals surface area (Å²) in [4.78, 5) is 15.9. The molecule has 0 spiro atoms. The summed E-state index contributed by atoms with van der Waals surface area (Å²) < 4.78 is 0. The lowest BCUT2D eigenvalue weighted by Crippen LogP contribution is -2.19. The molecule has 6 heteroatoms. The van der Waals surface area contributed by atoms with E-state index < -0.39 is 0 Å². The standard InChI is InChI=1S/C21H23N5S/c1-2-6-17(7-3-1)16-27-21-15-22-14-19(25-21)24-13-18-8-9-23-20(12-18)26-10-4-5-11-26/h1-3,6-9,12,14-15H,4-5,10-11,13,16H2,(H,24,25). The maximum Gasteiger partial charge on any atom is 0.146 e. The molecule has 0 unspecified atom stereocenters. The number of anilines is 2. The van der Waals surface area contributed by atoms with E-state index >= 15 is 0 Å². The van der Waals surface area contributed by atoms with Gasteiger partial charge in [0.05, 0.1) is 12.4 Å². The van der Waals surface area contributed by atoms with Crippen LogP contribution in [0.1, 0.15) is 24.0 Å². The van der Waals surface area contributed by atoms with Gasteiger partial charge in [-0.3, -0.25) is 4.98 Å². The van der Waals surface area contributed by atoms with Crippen molar-refractivity contribution in [3.63, 3.8) is 0 Å². The van der Waals surface area contributed by atoms with E-state index in [1.165, 1.54) is 24.0 Å². The number of rotatable bonds is 7. The highest BCUT2D eigenvalue weighted by atomic mass is 32.2. The first-order valence-corrected chi connectivity index (χ1v) is 10.3. The summed E-state index contributed by atoms with van der Waals surface area (Å²) in [6.07, 6.45) is 7.99.